The molecule has 0 spiro atoms. The van der Waals surface area contributed by atoms with Crippen LogP contribution < -0.4 is 5.32 Å². The number of anilines is 1. The number of β-amino-alcohol motifs (C(OH)–C–C–N with tert-alkyl or cyclic N) is 1. The van der Waals surface area contributed by atoms with Gasteiger partial charge in [-0.1, -0.05) is 24.3 Å². The number of fused-ring (bicyclic) bond motifs is 2. The van der Waals surface area contributed by atoms with Gasteiger partial charge in [0.05, 0.1) is 11.6 Å². The lowest BCUT2D eigenvalue weighted by atomic mass is 10.00. The Morgan fingerprint density at radius 3 is 2.88 bits per heavy atom. The second-order valence-corrected chi connectivity index (χ2v) is 6.81. The van der Waals surface area contributed by atoms with Crippen molar-refractivity contribution in [3.8, 4) is 0 Å². The van der Waals surface area contributed by atoms with Crippen LogP contribution in [0.1, 0.15) is 11.1 Å². The van der Waals surface area contributed by atoms with Crippen molar-refractivity contribution in [1.82, 2.24) is 9.88 Å². The minimum atomic E-state index is -0.482. The minimum absolute atomic E-state index is 0.299. The molecule has 4 nitrogen and oxygen atoms in total. The Kier molecular flexibility index (Phi) is 4.82. The highest BCUT2D eigenvalue weighted by molar-refractivity contribution is 5.90. The zero-order valence-electron chi connectivity index (χ0n) is 14.5. The molecule has 3 aromatic rings. The van der Waals surface area contributed by atoms with Gasteiger partial charge in [0, 0.05) is 49.5 Å². The molecule has 2 N–H and O–H groups in total. The van der Waals surface area contributed by atoms with Gasteiger partial charge in [-0.2, -0.15) is 0 Å². The number of aromatic nitrogens is 1. The molecule has 1 aliphatic heterocycles. The summed E-state index contributed by atoms with van der Waals surface area (Å²) in [5.41, 5.74) is 4.23. The molecule has 0 amide bonds. The number of hydrogen-bond acceptors (Lipinski definition) is 4. The lowest BCUT2D eigenvalue weighted by molar-refractivity contribution is 0.114. The fourth-order valence-electron chi connectivity index (χ4n) is 3.58. The fourth-order valence-corrected chi connectivity index (χ4v) is 3.58. The average Bonchev–Trinajstić information content (AvgIpc) is 2.66. The monoisotopic (exact) mass is 351 g/mol. The van der Waals surface area contributed by atoms with E-state index < -0.39 is 6.10 Å². The van der Waals surface area contributed by atoms with Crippen LogP contribution in [-0.2, 0) is 13.0 Å². The molecule has 26 heavy (non-hydrogen) atoms. The standard InChI is InChI=1S/C21H22FN3O/c22-17-5-6-19-20(7-9-23-21(19)11-17)24-12-18(26)14-25-10-8-15-3-1-2-4-16(15)13-25/h1-7,9,11,18,26H,8,10,12-14H2,(H,23,24). The number of aliphatic hydroxyl groups is 1. The highest BCUT2D eigenvalue weighted by Gasteiger charge is 2.18. The number of halogens is 1. The zero-order chi connectivity index (χ0) is 17.9. The molecule has 1 atom stereocenters. The Hall–Kier alpha value is -2.50. The third-order valence-corrected chi connectivity index (χ3v) is 4.91. The third kappa shape index (κ3) is 3.69. The van der Waals surface area contributed by atoms with E-state index in [1.54, 1.807) is 12.3 Å². The third-order valence-electron chi connectivity index (χ3n) is 4.91. The second kappa shape index (κ2) is 7.40. The minimum Gasteiger partial charge on any atom is -0.390 e. The summed E-state index contributed by atoms with van der Waals surface area (Å²) < 4.78 is 13.3. The number of aliphatic hydroxyl groups excluding tert-OH is 1. The molecule has 0 radical (unpaired) electrons. The highest BCUT2D eigenvalue weighted by atomic mass is 19.1. The first-order valence-electron chi connectivity index (χ1n) is 8.94. The van der Waals surface area contributed by atoms with E-state index in [9.17, 15) is 9.50 Å². The molecule has 1 aliphatic rings. The molecule has 2 heterocycles. The average molecular weight is 351 g/mol. The molecule has 0 bridgehead atoms. The summed E-state index contributed by atoms with van der Waals surface area (Å²) in [4.78, 5) is 6.48. The van der Waals surface area contributed by atoms with Crippen LogP contribution in [-0.4, -0.2) is 40.7 Å². The van der Waals surface area contributed by atoms with Crippen LogP contribution in [0.25, 0.3) is 10.9 Å². The number of benzene rings is 2. The van der Waals surface area contributed by atoms with Crippen LogP contribution in [0, 0.1) is 5.82 Å². The molecule has 1 aromatic heterocycles. The molecule has 2 aromatic carbocycles. The number of nitrogens with one attached hydrogen (secondary N) is 1. The maximum absolute atomic E-state index is 13.3. The summed E-state index contributed by atoms with van der Waals surface area (Å²) in [5, 5.41) is 14.6. The van der Waals surface area contributed by atoms with Crippen molar-refractivity contribution in [2.45, 2.75) is 19.1 Å². The smallest absolute Gasteiger partial charge is 0.125 e. The van der Waals surface area contributed by atoms with E-state index in [1.807, 2.05) is 6.07 Å². The topological polar surface area (TPSA) is 48.4 Å². The first-order chi connectivity index (χ1) is 12.7. The van der Waals surface area contributed by atoms with E-state index in [0.29, 0.717) is 18.6 Å². The van der Waals surface area contributed by atoms with E-state index in [4.69, 9.17) is 0 Å². The Labute approximate surface area is 152 Å². The second-order valence-electron chi connectivity index (χ2n) is 6.81. The van der Waals surface area contributed by atoms with Crippen LogP contribution >= 0.6 is 0 Å². The van der Waals surface area contributed by atoms with Gasteiger partial charge in [0.25, 0.3) is 0 Å². The van der Waals surface area contributed by atoms with E-state index >= 15 is 0 Å². The SMILES string of the molecule is OC(CNc1ccnc2cc(F)ccc12)CN1CCc2ccccc2C1. The summed E-state index contributed by atoms with van der Waals surface area (Å²) in [6.07, 6.45) is 2.19. The number of nitrogens with zero attached hydrogens (tertiary/aromatic N) is 2. The van der Waals surface area contributed by atoms with Gasteiger partial charge in [0.15, 0.2) is 0 Å². The van der Waals surface area contributed by atoms with Crippen molar-refractivity contribution in [2.24, 2.45) is 0 Å². The number of rotatable bonds is 5. The molecule has 0 aliphatic carbocycles. The normalized spacial score (nSPS) is 15.6. The largest absolute Gasteiger partial charge is 0.390 e. The summed E-state index contributed by atoms with van der Waals surface area (Å²) in [6.45, 7) is 2.91. The van der Waals surface area contributed by atoms with E-state index in [-0.39, 0.29) is 5.82 Å². The first-order valence-corrected chi connectivity index (χ1v) is 8.94. The van der Waals surface area contributed by atoms with E-state index in [1.165, 1.54) is 23.3 Å². The van der Waals surface area contributed by atoms with Crippen molar-refractivity contribution in [2.75, 3.05) is 25.0 Å². The van der Waals surface area contributed by atoms with Crippen molar-refractivity contribution in [3.05, 3.63) is 71.7 Å². The van der Waals surface area contributed by atoms with Gasteiger partial charge < -0.3 is 10.4 Å². The van der Waals surface area contributed by atoms with Gasteiger partial charge in [-0.05, 0) is 35.7 Å². The van der Waals surface area contributed by atoms with Gasteiger partial charge in [-0.3, -0.25) is 9.88 Å². The number of hydrogen-bond donors (Lipinski definition) is 2. The maximum Gasteiger partial charge on any atom is 0.125 e. The Bertz CT molecular complexity index is 915. The molecule has 0 saturated heterocycles. The summed E-state index contributed by atoms with van der Waals surface area (Å²) in [5.74, 6) is -0.299. The van der Waals surface area contributed by atoms with Crippen molar-refractivity contribution in [3.63, 3.8) is 0 Å². The Balaban J connectivity index is 1.37. The summed E-state index contributed by atoms with van der Waals surface area (Å²) in [6, 6.07) is 14.9. The van der Waals surface area contributed by atoms with Gasteiger partial charge in [0.1, 0.15) is 5.82 Å². The predicted molar refractivity (Wildman–Crippen MR) is 102 cm³/mol. The highest BCUT2D eigenvalue weighted by Crippen LogP contribution is 2.22. The quantitative estimate of drug-likeness (QED) is 0.741. The Morgan fingerprint density at radius 2 is 2.00 bits per heavy atom. The molecule has 0 fully saturated rings. The lowest BCUT2D eigenvalue weighted by Crippen LogP contribution is -2.39. The van der Waals surface area contributed by atoms with Gasteiger partial charge in [-0.25, -0.2) is 4.39 Å². The summed E-state index contributed by atoms with van der Waals surface area (Å²) >= 11 is 0. The van der Waals surface area contributed by atoms with Gasteiger partial charge >= 0.3 is 0 Å². The number of pyridine rings is 1. The van der Waals surface area contributed by atoms with Crippen molar-refractivity contribution < 1.29 is 9.50 Å². The molecule has 0 saturated carbocycles. The predicted octanol–water partition coefficient (Wildman–Crippen LogP) is 3.21. The van der Waals surface area contributed by atoms with Crippen molar-refractivity contribution in [1.29, 1.82) is 0 Å². The fraction of sp³-hybridized carbons (Fsp3) is 0.286. The molecule has 4 rings (SSSR count). The van der Waals surface area contributed by atoms with Crippen molar-refractivity contribution >= 4 is 16.6 Å². The zero-order valence-corrected chi connectivity index (χ0v) is 14.5. The maximum atomic E-state index is 13.3. The van der Waals surface area contributed by atoms with Gasteiger partial charge in [0.2, 0.25) is 0 Å². The molecule has 5 heteroatoms. The molecule has 134 valence electrons. The molecular weight excluding hydrogens is 329 g/mol. The van der Waals surface area contributed by atoms with Crippen LogP contribution in [0.5, 0.6) is 0 Å². The molecule has 1 unspecified atom stereocenters. The van der Waals surface area contributed by atoms with E-state index in [0.717, 1.165) is 30.6 Å². The first kappa shape index (κ1) is 16.9. The van der Waals surface area contributed by atoms with Crippen LogP contribution in [0.4, 0.5) is 10.1 Å². The van der Waals surface area contributed by atoms with Crippen LogP contribution in [0.15, 0.2) is 54.7 Å². The van der Waals surface area contributed by atoms with Gasteiger partial charge in [-0.15, -0.1) is 0 Å². The van der Waals surface area contributed by atoms with Crippen LogP contribution in [0.2, 0.25) is 0 Å². The lowest BCUT2D eigenvalue weighted by Gasteiger charge is -2.30. The molecular formula is C21H22FN3O. The van der Waals surface area contributed by atoms with Crippen LogP contribution in [0.3, 0.4) is 0 Å². The summed E-state index contributed by atoms with van der Waals surface area (Å²) in [7, 11) is 0. The van der Waals surface area contributed by atoms with E-state index in [2.05, 4.69) is 39.5 Å². The Morgan fingerprint density at radius 1 is 1.15 bits per heavy atom.